The van der Waals surface area contributed by atoms with Gasteiger partial charge in [-0.25, -0.2) is 4.52 Å². The molecule has 0 aliphatic heterocycles. The van der Waals surface area contributed by atoms with Crippen molar-refractivity contribution in [1.29, 1.82) is 0 Å². The largest absolute Gasteiger partial charge is 0.241 e. The molecular formula is C9H16NO+. The number of aromatic nitrogens is 1. The summed E-state index contributed by atoms with van der Waals surface area (Å²) in [7, 11) is 0. The fourth-order valence-corrected chi connectivity index (χ4v) is 1.26. The second kappa shape index (κ2) is 2.36. The van der Waals surface area contributed by atoms with Crippen LogP contribution in [-0.2, 0) is 5.54 Å². The molecule has 0 spiro atoms. The molecule has 2 heteroatoms. The summed E-state index contributed by atoms with van der Waals surface area (Å²) in [6, 6.07) is 2.05. The third-order valence-electron chi connectivity index (χ3n) is 1.58. The van der Waals surface area contributed by atoms with Crippen LogP contribution >= 0.6 is 0 Å². The van der Waals surface area contributed by atoms with Crippen LogP contribution in [0.25, 0.3) is 0 Å². The first-order valence-corrected chi connectivity index (χ1v) is 3.91. The Kier molecular flexibility index (Phi) is 1.78. The molecular weight excluding hydrogens is 138 g/mol. The molecule has 0 amide bonds. The Morgan fingerprint density at radius 1 is 1.27 bits per heavy atom. The second-order valence-electron chi connectivity index (χ2n) is 3.95. The lowest BCUT2D eigenvalue weighted by atomic mass is 10.1. The molecule has 11 heavy (non-hydrogen) atoms. The predicted molar refractivity (Wildman–Crippen MR) is 43.4 cm³/mol. The highest BCUT2D eigenvalue weighted by Gasteiger charge is 2.29. The quantitative estimate of drug-likeness (QED) is 0.522. The SMILES string of the molecule is Cc1cc(C)[n+](C(C)(C)C)o1. The van der Waals surface area contributed by atoms with Gasteiger partial charge in [-0.05, 0) is 4.74 Å². The van der Waals surface area contributed by atoms with E-state index in [0.29, 0.717) is 0 Å². The molecule has 0 unspecified atom stereocenters. The highest BCUT2D eigenvalue weighted by molar-refractivity contribution is 4.96. The standard InChI is InChI=1S/C9H16NO/c1-7-6-8(2)11-10(7)9(3,4)5/h6H,1-5H3/q+1. The van der Waals surface area contributed by atoms with E-state index in [4.69, 9.17) is 4.52 Å². The highest BCUT2D eigenvalue weighted by Crippen LogP contribution is 2.08. The Bertz CT molecular complexity index is 255. The second-order valence-corrected chi connectivity index (χ2v) is 3.95. The fourth-order valence-electron chi connectivity index (χ4n) is 1.26. The van der Waals surface area contributed by atoms with Gasteiger partial charge in [0.25, 0.3) is 0 Å². The number of hydrogen-bond acceptors (Lipinski definition) is 1. The van der Waals surface area contributed by atoms with Crippen LogP contribution in [0.1, 0.15) is 32.2 Å². The summed E-state index contributed by atoms with van der Waals surface area (Å²) < 4.78 is 7.43. The van der Waals surface area contributed by atoms with Crippen molar-refractivity contribution >= 4 is 0 Å². The molecule has 0 radical (unpaired) electrons. The summed E-state index contributed by atoms with van der Waals surface area (Å²) >= 11 is 0. The van der Waals surface area contributed by atoms with Crippen LogP contribution in [0.15, 0.2) is 10.6 Å². The van der Waals surface area contributed by atoms with Crippen molar-refractivity contribution < 1.29 is 9.26 Å². The van der Waals surface area contributed by atoms with Crippen LogP contribution in [0.2, 0.25) is 0 Å². The normalized spacial score (nSPS) is 12.1. The fraction of sp³-hybridized carbons (Fsp3) is 0.667. The van der Waals surface area contributed by atoms with Crippen molar-refractivity contribution in [2.75, 3.05) is 0 Å². The van der Waals surface area contributed by atoms with Gasteiger partial charge in [0.2, 0.25) is 11.2 Å². The molecule has 1 rings (SSSR count). The van der Waals surface area contributed by atoms with Gasteiger partial charge in [-0.1, -0.05) is 0 Å². The minimum Gasteiger partial charge on any atom is -0.241 e. The van der Waals surface area contributed by atoms with Crippen LogP contribution in [0.5, 0.6) is 0 Å². The van der Waals surface area contributed by atoms with Crippen LogP contribution in [0.3, 0.4) is 0 Å². The maximum atomic E-state index is 5.50. The van der Waals surface area contributed by atoms with Gasteiger partial charge in [-0.3, -0.25) is 0 Å². The van der Waals surface area contributed by atoms with E-state index in [-0.39, 0.29) is 5.54 Å². The topological polar surface area (TPSA) is 17.0 Å². The van der Waals surface area contributed by atoms with Gasteiger partial charge < -0.3 is 0 Å². The van der Waals surface area contributed by atoms with Crippen molar-refractivity contribution in [3.8, 4) is 0 Å². The number of rotatable bonds is 0. The summed E-state index contributed by atoms with van der Waals surface area (Å²) in [5, 5.41) is 0. The van der Waals surface area contributed by atoms with Gasteiger partial charge in [-0.15, -0.1) is 0 Å². The Hall–Kier alpha value is -0.790. The van der Waals surface area contributed by atoms with Gasteiger partial charge in [0, 0.05) is 34.6 Å². The molecule has 0 bridgehead atoms. The summed E-state index contributed by atoms with van der Waals surface area (Å²) in [6.07, 6.45) is 0. The molecule has 0 aromatic carbocycles. The van der Waals surface area contributed by atoms with E-state index in [1.54, 1.807) is 0 Å². The lowest BCUT2D eigenvalue weighted by molar-refractivity contribution is -0.911. The molecule has 1 aromatic rings. The zero-order chi connectivity index (χ0) is 8.65. The van der Waals surface area contributed by atoms with E-state index in [0.717, 1.165) is 5.76 Å². The Morgan fingerprint density at radius 2 is 1.82 bits per heavy atom. The number of hydrogen-bond donors (Lipinski definition) is 0. The Morgan fingerprint density at radius 3 is 2.00 bits per heavy atom. The van der Waals surface area contributed by atoms with Crippen LogP contribution in [0, 0.1) is 13.8 Å². The maximum absolute atomic E-state index is 5.50. The van der Waals surface area contributed by atoms with Crippen LogP contribution in [-0.4, -0.2) is 0 Å². The molecule has 1 aromatic heterocycles. The van der Waals surface area contributed by atoms with E-state index >= 15 is 0 Å². The maximum Gasteiger partial charge on any atom is 0.229 e. The first kappa shape index (κ1) is 8.31. The minimum absolute atomic E-state index is 0.0539. The zero-order valence-electron chi connectivity index (χ0n) is 7.93. The average Bonchev–Trinajstić information content (AvgIpc) is 2.08. The monoisotopic (exact) mass is 154 g/mol. The third kappa shape index (κ3) is 1.62. The average molecular weight is 154 g/mol. The molecule has 0 saturated carbocycles. The summed E-state index contributed by atoms with van der Waals surface area (Å²) in [5.41, 5.74) is 1.23. The molecule has 0 N–H and O–H groups in total. The zero-order valence-corrected chi connectivity index (χ0v) is 7.93. The summed E-state index contributed by atoms with van der Waals surface area (Å²) in [4.78, 5) is 0. The van der Waals surface area contributed by atoms with Crippen LogP contribution in [0.4, 0.5) is 0 Å². The molecule has 62 valence electrons. The first-order valence-electron chi connectivity index (χ1n) is 3.91. The van der Waals surface area contributed by atoms with Gasteiger partial charge >= 0.3 is 0 Å². The number of aryl methyl sites for hydroxylation is 2. The Labute approximate surface area is 67.8 Å². The lowest BCUT2D eigenvalue weighted by Crippen LogP contribution is -2.50. The number of nitrogens with zero attached hydrogens (tertiary/aromatic N) is 1. The van der Waals surface area contributed by atoms with Crippen molar-refractivity contribution in [2.45, 2.75) is 40.2 Å². The van der Waals surface area contributed by atoms with E-state index in [2.05, 4.69) is 27.7 Å². The van der Waals surface area contributed by atoms with Gasteiger partial charge in [0.05, 0.1) is 6.07 Å². The van der Waals surface area contributed by atoms with E-state index in [9.17, 15) is 0 Å². The molecule has 0 atom stereocenters. The molecule has 0 fully saturated rings. The summed E-state index contributed by atoms with van der Waals surface area (Å²) in [6.45, 7) is 10.4. The van der Waals surface area contributed by atoms with Crippen molar-refractivity contribution in [3.05, 3.63) is 17.5 Å². The first-order chi connectivity index (χ1) is 4.91. The van der Waals surface area contributed by atoms with Gasteiger partial charge in [0.1, 0.15) is 0 Å². The predicted octanol–water partition coefficient (Wildman–Crippen LogP) is 1.94. The van der Waals surface area contributed by atoms with Crippen molar-refractivity contribution in [1.82, 2.24) is 0 Å². The van der Waals surface area contributed by atoms with Gasteiger partial charge in [0.15, 0.2) is 5.76 Å². The smallest absolute Gasteiger partial charge is 0.229 e. The molecule has 1 heterocycles. The highest BCUT2D eigenvalue weighted by atomic mass is 16.5. The van der Waals surface area contributed by atoms with E-state index in [1.165, 1.54) is 5.69 Å². The molecule has 0 aliphatic carbocycles. The minimum atomic E-state index is 0.0539. The van der Waals surface area contributed by atoms with E-state index < -0.39 is 0 Å². The Balaban J connectivity index is 3.13. The van der Waals surface area contributed by atoms with Gasteiger partial charge in [-0.2, -0.15) is 0 Å². The van der Waals surface area contributed by atoms with Crippen molar-refractivity contribution in [2.24, 2.45) is 0 Å². The van der Waals surface area contributed by atoms with Crippen LogP contribution < -0.4 is 4.74 Å². The lowest BCUT2D eigenvalue weighted by Gasteiger charge is -2.07. The van der Waals surface area contributed by atoms with Crippen molar-refractivity contribution in [3.63, 3.8) is 0 Å². The molecule has 0 aliphatic rings. The molecule has 0 saturated heterocycles. The van der Waals surface area contributed by atoms with E-state index in [1.807, 2.05) is 17.7 Å². The summed E-state index contributed by atoms with van der Waals surface area (Å²) in [5.74, 6) is 0.970. The molecule has 2 nitrogen and oxygen atoms in total. The third-order valence-corrected chi connectivity index (χ3v) is 1.58.